The fourth-order valence-electron chi connectivity index (χ4n) is 3.84. The molecule has 0 aliphatic rings. The second-order valence-corrected chi connectivity index (χ2v) is 12.0. The van der Waals surface area contributed by atoms with Crippen LogP contribution in [0.4, 0.5) is 5.69 Å². The summed E-state index contributed by atoms with van der Waals surface area (Å²) in [5, 5.41) is 3.59. The first-order valence-corrected chi connectivity index (χ1v) is 14.3. The Bertz CT molecular complexity index is 1630. The average Bonchev–Trinajstić information content (AvgIpc) is 2.91. The summed E-state index contributed by atoms with van der Waals surface area (Å²) in [6, 6.07) is 24.1. The summed E-state index contributed by atoms with van der Waals surface area (Å²) >= 11 is 18.3. The summed E-state index contributed by atoms with van der Waals surface area (Å²) < 4.78 is 28.3. The Balaban J connectivity index is 1.64. The number of hydrogen-bond acceptors (Lipinski definition) is 4. The van der Waals surface area contributed by atoms with E-state index >= 15 is 0 Å². The summed E-state index contributed by atoms with van der Waals surface area (Å²) in [6.07, 6.45) is 0. The molecule has 0 atom stereocenters. The van der Waals surface area contributed by atoms with Crippen LogP contribution in [0.1, 0.15) is 27.0 Å². The quantitative estimate of drug-likeness (QED) is 0.209. The Kier molecular flexibility index (Phi) is 9.10. The molecule has 0 radical (unpaired) electrons. The van der Waals surface area contributed by atoms with Gasteiger partial charge in [-0.1, -0.05) is 88.9 Å². The molecular formula is C29H23Cl3N2O4S. The third kappa shape index (κ3) is 7.06. The zero-order chi connectivity index (χ0) is 28.2. The summed E-state index contributed by atoms with van der Waals surface area (Å²) in [5.41, 5.74) is 2.24. The van der Waals surface area contributed by atoms with Crippen LogP contribution in [0.25, 0.3) is 0 Å². The number of anilines is 1. The van der Waals surface area contributed by atoms with E-state index in [1.54, 1.807) is 60.7 Å². The maximum Gasteiger partial charge on any atom is 0.243 e. The summed E-state index contributed by atoms with van der Waals surface area (Å²) in [4.78, 5) is 26.4. The van der Waals surface area contributed by atoms with E-state index in [-0.39, 0.29) is 33.5 Å². The normalized spacial score (nSPS) is 11.4. The van der Waals surface area contributed by atoms with Crippen molar-refractivity contribution < 1.29 is 18.0 Å². The highest BCUT2D eigenvalue weighted by Gasteiger charge is 2.28. The molecule has 0 saturated heterocycles. The smallest absolute Gasteiger partial charge is 0.243 e. The van der Waals surface area contributed by atoms with Gasteiger partial charge in [-0.3, -0.25) is 9.59 Å². The minimum atomic E-state index is -4.09. The van der Waals surface area contributed by atoms with E-state index in [1.807, 2.05) is 6.92 Å². The van der Waals surface area contributed by atoms with Gasteiger partial charge in [0.05, 0.1) is 27.2 Å². The minimum absolute atomic E-state index is 0.0346. The molecule has 39 heavy (non-hydrogen) atoms. The van der Waals surface area contributed by atoms with Gasteiger partial charge in [0, 0.05) is 22.7 Å². The van der Waals surface area contributed by atoms with Crippen molar-refractivity contribution in [1.29, 1.82) is 0 Å². The van der Waals surface area contributed by atoms with E-state index in [9.17, 15) is 18.0 Å². The van der Waals surface area contributed by atoms with Crippen molar-refractivity contribution in [2.45, 2.75) is 18.4 Å². The number of hydrogen-bond donors (Lipinski definition) is 1. The highest BCUT2D eigenvalue weighted by atomic mass is 35.5. The van der Waals surface area contributed by atoms with Gasteiger partial charge in [-0.25, -0.2) is 8.42 Å². The lowest BCUT2D eigenvalue weighted by molar-refractivity contribution is -0.116. The highest BCUT2D eigenvalue weighted by molar-refractivity contribution is 7.89. The van der Waals surface area contributed by atoms with Gasteiger partial charge in [-0.15, -0.1) is 0 Å². The third-order valence-corrected chi connectivity index (χ3v) is 8.64. The Hall–Kier alpha value is -3.20. The molecule has 10 heteroatoms. The maximum absolute atomic E-state index is 13.6. The largest absolute Gasteiger partial charge is 0.324 e. The molecule has 0 saturated carbocycles. The molecule has 0 aliphatic heterocycles. The van der Waals surface area contributed by atoms with E-state index in [2.05, 4.69) is 5.32 Å². The van der Waals surface area contributed by atoms with Crippen molar-refractivity contribution in [2.75, 3.05) is 11.9 Å². The van der Waals surface area contributed by atoms with Crippen LogP contribution < -0.4 is 5.32 Å². The van der Waals surface area contributed by atoms with E-state index in [4.69, 9.17) is 34.8 Å². The van der Waals surface area contributed by atoms with Gasteiger partial charge < -0.3 is 5.32 Å². The second-order valence-electron chi connectivity index (χ2n) is 8.77. The fourth-order valence-corrected chi connectivity index (χ4v) is 5.71. The lowest BCUT2D eigenvalue weighted by atomic mass is 10.0. The number of nitrogens with zero attached hydrogens (tertiary/aromatic N) is 1. The first-order valence-electron chi connectivity index (χ1n) is 11.7. The van der Waals surface area contributed by atoms with Gasteiger partial charge >= 0.3 is 0 Å². The van der Waals surface area contributed by atoms with Crippen molar-refractivity contribution in [1.82, 2.24) is 4.31 Å². The predicted molar refractivity (Wildman–Crippen MR) is 155 cm³/mol. The number of rotatable bonds is 9. The molecule has 0 aromatic heterocycles. The molecule has 1 amide bonds. The van der Waals surface area contributed by atoms with Crippen LogP contribution in [0.2, 0.25) is 15.1 Å². The SMILES string of the molecule is Cc1ccc(S(=O)(=O)N(CC(=O)Nc2ccc(Cl)cc2C(=O)c2ccccc2)Cc2ccc(Cl)c(Cl)c2)cc1. The molecule has 4 aromatic carbocycles. The molecule has 0 bridgehead atoms. The first kappa shape index (κ1) is 28.8. The van der Waals surface area contributed by atoms with Crippen LogP contribution in [0.5, 0.6) is 0 Å². The number of sulfonamides is 1. The Labute approximate surface area is 242 Å². The number of ketones is 1. The lowest BCUT2D eigenvalue weighted by Crippen LogP contribution is -2.37. The number of nitrogens with one attached hydrogen (secondary N) is 1. The van der Waals surface area contributed by atoms with E-state index in [0.717, 1.165) is 9.87 Å². The van der Waals surface area contributed by atoms with Crippen molar-refractivity contribution in [2.24, 2.45) is 0 Å². The van der Waals surface area contributed by atoms with Gasteiger partial charge in [-0.05, 0) is 55.0 Å². The van der Waals surface area contributed by atoms with Gasteiger partial charge in [0.15, 0.2) is 5.78 Å². The highest BCUT2D eigenvalue weighted by Crippen LogP contribution is 2.27. The number of halogens is 3. The molecule has 1 N–H and O–H groups in total. The summed E-state index contributed by atoms with van der Waals surface area (Å²) in [7, 11) is -4.09. The van der Waals surface area contributed by atoms with Gasteiger partial charge in [-0.2, -0.15) is 4.31 Å². The number of benzene rings is 4. The van der Waals surface area contributed by atoms with Crippen molar-refractivity contribution in [3.63, 3.8) is 0 Å². The van der Waals surface area contributed by atoms with Gasteiger partial charge in [0.1, 0.15) is 0 Å². The molecular weight excluding hydrogens is 579 g/mol. The monoisotopic (exact) mass is 600 g/mol. The molecule has 0 aliphatic carbocycles. The number of carbonyl (C=O) groups excluding carboxylic acids is 2. The van der Waals surface area contributed by atoms with E-state index in [1.165, 1.54) is 30.3 Å². The first-order chi connectivity index (χ1) is 18.5. The fraction of sp³-hybridized carbons (Fsp3) is 0.103. The molecule has 6 nitrogen and oxygen atoms in total. The summed E-state index contributed by atoms with van der Waals surface area (Å²) in [6.45, 7) is 1.17. The molecule has 0 fully saturated rings. The van der Waals surface area contributed by atoms with Crippen LogP contribution in [0.15, 0.2) is 95.9 Å². The maximum atomic E-state index is 13.6. The van der Waals surface area contributed by atoms with Crippen molar-refractivity contribution in [3.8, 4) is 0 Å². The minimum Gasteiger partial charge on any atom is -0.324 e. The molecule has 4 rings (SSSR count). The Morgan fingerprint density at radius 2 is 1.51 bits per heavy atom. The topological polar surface area (TPSA) is 83.6 Å². The van der Waals surface area contributed by atoms with Gasteiger partial charge in [0.25, 0.3) is 0 Å². The standard InChI is InChI=1S/C29H23Cl3N2O4S/c1-19-7-11-23(12-8-19)39(37,38)34(17-20-9-13-25(31)26(32)15-20)18-28(35)33-27-14-10-22(30)16-24(27)29(36)21-5-3-2-4-6-21/h2-16H,17-18H2,1H3,(H,33,35). The molecule has 0 heterocycles. The second kappa shape index (κ2) is 12.3. The predicted octanol–water partition coefficient (Wildman–Crippen LogP) is 7.02. The van der Waals surface area contributed by atoms with Crippen LogP contribution in [0, 0.1) is 6.92 Å². The van der Waals surface area contributed by atoms with E-state index < -0.39 is 22.5 Å². The number of aryl methyl sites for hydroxylation is 1. The van der Waals surface area contributed by atoms with Crippen LogP contribution in [-0.2, 0) is 21.4 Å². The van der Waals surface area contributed by atoms with E-state index in [0.29, 0.717) is 21.2 Å². The zero-order valence-corrected chi connectivity index (χ0v) is 23.8. The van der Waals surface area contributed by atoms with Crippen molar-refractivity contribution >= 4 is 62.2 Å². The number of carbonyl (C=O) groups is 2. The van der Waals surface area contributed by atoms with Crippen molar-refractivity contribution in [3.05, 3.63) is 128 Å². The molecule has 0 unspecified atom stereocenters. The third-order valence-electron chi connectivity index (χ3n) is 5.86. The lowest BCUT2D eigenvalue weighted by Gasteiger charge is -2.23. The number of amides is 1. The summed E-state index contributed by atoms with van der Waals surface area (Å²) in [5.74, 6) is -0.983. The van der Waals surface area contributed by atoms with Crippen LogP contribution >= 0.6 is 34.8 Å². The van der Waals surface area contributed by atoms with Crippen LogP contribution in [0.3, 0.4) is 0 Å². The molecule has 4 aromatic rings. The van der Waals surface area contributed by atoms with Crippen LogP contribution in [-0.4, -0.2) is 31.0 Å². The average molecular weight is 602 g/mol. The molecule has 0 spiro atoms. The zero-order valence-electron chi connectivity index (χ0n) is 20.7. The Morgan fingerprint density at radius 1 is 0.821 bits per heavy atom. The molecule has 200 valence electrons. The van der Waals surface area contributed by atoms with Gasteiger partial charge in [0.2, 0.25) is 15.9 Å². The Morgan fingerprint density at radius 3 is 2.18 bits per heavy atom.